The van der Waals surface area contributed by atoms with Crippen LogP contribution >= 0.6 is 0 Å². The topological polar surface area (TPSA) is 72.9 Å². The Bertz CT molecular complexity index is 596. The molecule has 1 aromatic rings. The minimum atomic E-state index is -3.52. The fourth-order valence-electron chi connectivity index (χ4n) is 2.22. The van der Waals surface area contributed by atoms with Gasteiger partial charge in [0.15, 0.2) is 0 Å². The van der Waals surface area contributed by atoms with Crippen LogP contribution in [0.25, 0.3) is 0 Å². The molecule has 0 saturated carbocycles. The second kappa shape index (κ2) is 6.55. The summed E-state index contributed by atoms with van der Waals surface area (Å²) in [6.07, 6.45) is 0.130. The SMILES string of the molecule is COC(=O)Cc1ccc(S(=O)(=O)N2CCOCC2C)cc1. The van der Waals surface area contributed by atoms with Gasteiger partial charge in [0.1, 0.15) is 0 Å². The highest BCUT2D eigenvalue weighted by Crippen LogP contribution is 2.21. The Morgan fingerprint density at radius 3 is 2.62 bits per heavy atom. The normalized spacial score (nSPS) is 20.2. The van der Waals surface area contributed by atoms with E-state index in [-0.39, 0.29) is 23.3 Å². The number of rotatable bonds is 4. The monoisotopic (exact) mass is 313 g/mol. The molecule has 1 saturated heterocycles. The first-order chi connectivity index (χ1) is 9.95. The molecular weight excluding hydrogens is 294 g/mol. The van der Waals surface area contributed by atoms with E-state index in [2.05, 4.69) is 4.74 Å². The van der Waals surface area contributed by atoms with E-state index in [1.807, 2.05) is 6.92 Å². The molecule has 0 spiro atoms. The first kappa shape index (κ1) is 15.9. The van der Waals surface area contributed by atoms with Crippen molar-refractivity contribution in [3.63, 3.8) is 0 Å². The summed E-state index contributed by atoms with van der Waals surface area (Å²) in [7, 11) is -2.20. The van der Waals surface area contributed by atoms with E-state index >= 15 is 0 Å². The van der Waals surface area contributed by atoms with Gasteiger partial charge in [-0.15, -0.1) is 0 Å². The summed E-state index contributed by atoms with van der Waals surface area (Å²) < 4.78 is 36.4. The molecule has 6 nitrogen and oxygen atoms in total. The van der Waals surface area contributed by atoms with Gasteiger partial charge in [-0.2, -0.15) is 4.31 Å². The summed E-state index contributed by atoms with van der Waals surface area (Å²) in [4.78, 5) is 11.4. The zero-order valence-corrected chi connectivity index (χ0v) is 12.9. The summed E-state index contributed by atoms with van der Waals surface area (Å²) >= 11 is 0. The average Bonchev–Trinajstić information content (AvgIpc) is 2.48. The molecule has 1 atom stereocenters. The van der Waals surface area contributed by atoms with Gasteiger partial charge in [0.2, 0.25) is 10.0 Å². The molecule has 0 amide bonds. The molecule has 116 valence electrons. The van der Waals surface area contributed by atoms with Crippen LogP contribution in [0.15, 0.2) is 29.2 Å². The highest BCUT2D eigenvalue weighted by Gasteiger charge is 2.31. The number of methoxy groups -OCH3 is 1. The predicted molar refractivity (Wildman–Crippen MR) is 76.3 cm³/mol. The Hall–Kier alpha value is -1.44. The molecule has 1 fully saturated rings. The lowest BCUT2D eigenvalue weighted by Crippen LogP contribution is -2.46. The van der Waals surface area contributed by atoms with E-state index in [4.69, 9.17) is 4.74 Å². The van der Waals surface area contributed by atoms with Gasteiger partial charge < -0.3 is 9.47 Å². The molecule has 0 radical (unpaired) electrons. The van der Waals surface area contributed by atoms with Crippen molar-refractivity contribution in [3.05, 3.63) is 29.8 Å². The average molecular weight is 313 g/mol. The largest absolute Gasteiger partial charge is 0.469 e. The van der Waals surface area contributed by atoms with Gasteiger partial charge in [-0.3, -0.25) is 4.79 Å². The van der Waals surface area contributed by atoms with Crippen LogP contribution in [-0.2, 0) is 30.7 Å². The third kappa shape index (κ3) is 3.61. The van der Waals surface area contributed by atoms with Crippen LogP contribution in [0.5, 0.6) is 0 Å². The zero-order valence-electron chi connectivity index (χ0n) is 12.1. The van der Waals surface area contributed by atoms with Crippen molar-refractivity contribution >= 4 is 16.0 Å². The first-order valence-electron chi connectivity index (χ1n) is 6.70. The van der Waals surface area contributed by atoms with E-state index in [1.165, 1.54) is 23.5 Å². The van der Waals surface area contributed by atoms with Gasteiger partial charge in [-0.25, -0.2) is 8.42 Å². The molecule has 0 aromatic heterocycles. The summed E-state index contributed by atoms with van der Waals surface area (Å²) in [5.41, 5.74) is 0.718. The molecule has 1 aliphatic rings. The van der Waals surface area contributed by atoms with Gasteiger partial charge in [-0.05, 0) is 24.6 Å². The number of ether oxygens (including phenoxy) is 2. The van der Waals surface area contributed by atoms with Crippen LogP contribution in [0.4, 0.5) is 0 Å². The number of morpholine rings is 1. The third-order valence-electron chi connectivity index (χ3n) is 3.41. The van der Waals surface area contributed by atoms with Gasteiger partial charge in [0, 0.05) is 12.6 Å². The predicted octanol–water partition coefficient (Wildman–Crippen LogP) is 0.811. The van der Waals surface area contributed by atoms with Crippen molar-refractivity contribution in [3.8, 4) is 0 Å². The van der Waals surface area contributed by atoms with Gasteiger partial charge in [-0.1, -0.05) is 12.1 Å². The van der Waals surface area contributed by atoms with Gasteiger partial charge in [0.25, 0.3) is 0 Å². The van der Waals surface area contributed by atoms with E-state index in [9.17, 15) is 13.2 Å². The zero-order chi connectivity index (χ0) is 15.5. The Balaban J connectivity index is 2.18. The maximum absolute atomic E-state index is 12.6. The molecule has 0 bridgehead atoms. The number of hydrogen-bond acceptors (Lipinski definition) is 5. The number of nitrogens with zero attached hydrogens (tertiary/aromatic N) is 1. The van der Waals surface area contributed by atoms with Crippen LogP contribution in [0.2, 0.25) is 0 Å². The van der Waals surface area contributed by atoms with E-state index in [0.29, 0.717) is 19.8 Å². The smallest absolute Gasteiger partial charge is 0.309 e. The van der Waals surface area contributed by atoms with Crippen molar-refractivity contribution in [2.75, 3.05) is 26.9 Å². The van der Waals surface area contributed by atoms with Crippen LogP contribution in [0, 0.1) is 0 Å². The summed E-state index contributed by atoms with van der Waals surface area (Å²) in [5, 5.41) is 0. The van der Waals surface area contributed by atoms with Gasteiger partial charge in [0.05, 0.1) is 31.6 Å². The minimum Gasteiger partial charge on any atom is -0.469 e. The summed E-state index contributed by atoms with van der Waals surface area (Å²) in [5.74, 6) is -0.354. The molecule has 0 N–H and O–H groups in total. The molecule has 1 unspecified atom stereocenters. The van der Waals surface area contributed by atoms with Crippen molar-refractivity contribution in [1.29, 1.82) is 0 Å². The summed E-state index contributed by atoms with van der Waals surface area (Å²) in [6, 6.07) is 6.13. The summed E-state index contributed by atoms with van der Waals surface area (Å²) in [6.45, 7) is 2.99. The Labute approximate surface area is 124 Å². The molecule has 1 aliphatic heterocycles. The Kier molecular flexibility index (Phi) is 4.97. The molecular formula is C14H19NO5S. The number of esters is 1. The number of benzene rings is 1. The lowest BCUT2D eigenvalue weighted by atomic mass is 10.2. The molecule has 7 heteroatoms. The number of sulfonamides is 1. The highest BCUT2D eigenvalue weighted by atomic mass is 32.2. The Morgan fingerprint density at radius 2 is 2.05 bits per heavy atom. The second-order valence-corrected chi connectivity index (χ2v) is 6.83. The number of carbonyl (C=O) groups excluding carboxylic acids is 1. The van der Waals surface area contributed by atoms with Crippen LogP contribution in [0.3, 0.4) is 0 Å². The van der Waals surface area contributed by atoms with Crippen LogP contribution in [0.1, 0.15) is 12.5 Å². The molecule has 0 aliphatic carbocycles. The van der Waals surface area contributed by atoms with Crippen LogP contribution in [-0.4, -0.2) is 51.6 Å². The van der Waals surface area contributed by atoms with Crippen molar-refractivity contribution in [1.82, 2.24) is 4.31 Å². The van der Waals surface area contributed by atoms with E-state index < -0.39 is 10.0 Å². The Morgan fingerprint density at radius 1 is 1.38 bits per heavy atom. The fraction of sp³-hybridized carbons (Fsp3) is 0.500. The number of carbonyl (C=O) groups is 1. The van der Waals surface area contributed by atoms with Crippen LogP contribution < -0.4 is 0 Å². The van der Waals surface area contributed by atoms with Gasteiger partial charge >= 0.3 is 5.97 Å². The number of hydrogen-bond donors (Lipinski definition) is 0. The molecule has 2 rings (SSSR count). The third-order valence-corrected chi connectivity index (χ3v) is 5.44. The minimum absolute atomic E-state index is 0.130. The maximum atomic E-state index is 12.6. The van der Waals surface area contributed by atoms with Crippen molar-refractivity contribution < 1.29 is 22.7 Å². The quantitative estimate of drug-likeness (QED) is 0.769. The van der Waals surface area contributed by atoms with E-state index in [0.717, 1.165) is 5.56 Å². The highest BCUT2D eigenvalue weighted by molar-refractivity contribution is 7.89. The fourth-order valence-corrected chi connectivity index (χ4v) is 3.82. The molecule has 21 heavy (non-hydrogen) atoms. The van der Waals surface area contributed by atoms with Crippen molar-refractivity contribution in [2.24, 2.45) is 0 Å². The maximum Gasteiger partial charge on any atom is 0.309 e. The molecule has 1 aromatic carbocycles. The molecule has 1 heterocycles. The lowest BCUT2D eigenvalue weighted by Gasteiger charge is -2.32. The second-order valence-electron chi connectivity index (χ2n) is 4.94. The van der Waals surface area contributed by atoms with E-state index in [1.54, 1.807) is 12.1 Å². The lowest BCUT2D eigenvalue weighted by molar-refractivity contribution is -0.139. The van der Waals surface area contributed by atoms with Crippen molar-refractivity contribution in [2.45, 2.75) is 24.3 Å². The standard InChI is InChI=1S/C14H19NO5S/c1-11-10-20-8-7-15(11)21(17,18)13-5-3-12(4-6-13)9-14(16)19-2/h3-6,11H,7-10H2,1-2H3. The first-order valence-corrected chi connectivity index (χ1v) is 8.14.